The molecule has 2 aliphatic heterocycles. The number of pyridine rings is 1. The fourth-order valence-corrected chi connectivity index (χ4v) is 7.39. The van der Waals surface area contributed by atoms with Crippen molar-refractivity contribution in [3.8, 4) is 21.8 Å². The number of aromatic nitrogens is 2. The van der Waals surface area contributed by atoms with Crippen molar-refractivity contribution < 1.29 is 27.2 Å². The Bertz CT molecular complexity index is 2000. The normalized spacial score (nSPS) is 15.4. The molecule has 46 heavy (non-hydrogen) atoms. The number of halogens is 3. The number of fused-ring (bicyclic) bond motifs is 3. The summed E-state index contributed by atoms with van der Waals surface area (Å²) < 4.78 is 46.9. The summed E-state index contributed by atoms with van der Waals surface area (Å²) in [6, 6.07) is 13.2. The summed E-state index contributed by atoms with van der Waals surface area (Å²) in [6.07, 6.45) is 2.77. The highest BCUT2D eigenvalue weighted by atomic mass is 32.1. The van der Waals surface area contributed by atoms with Crippen molar-refractivity contribution in [1.29, 1.82) is 0 Å². The van der Waals surface area contributed by atoms with Crippen molar-refractivity contribution in [3.63, 3.8) is 0 Å². The summed E-state index contributed by atoms with van der Waals surface area (Å²) in [5.74, 6) is -1.75. The molecule has 0 bridgehead atoms. The third kappa shape index (κ3) is 5.38. The molecule has 11 heteroatoms. The van der Waals surface area contributed by atoms with Crippen LogP contribution >= 0.6 is 11.3 Å². The molecule has 7 nitrogen and oxygen atoms in total. The van der Waals surface area contributed by atoms with Gasteiger partial charge >= 0.3 is 0 Å². The van der Waals surface area contributed by atoms with Crippen LogP contribution in [0, 0.1) is 31.3 Å². The molecule has 5 aromatic rings. The number of oxazole rings is 1. The van der Waals surface area contributed by atoms with E-state index in [1.54, 1.807) is 25.1 Å². The number of nitrogens with zero attached hydrogens (tertiary/aromatic N) is 3. The smallest absolute Gasteiger partial charge is 0.261 e. The summed E-state index contributed by atoms with van der Waals surface area (Å²) in [4.78, 5) is 39.8. The maximum Gasteiger partial charge on any atom is 0.261 e. The van der Waals surface area contributed by atoms with E-state index in [1.165, 1.54) is 29.5 Å². The van der Waals surface area contributed by atoms with Crippen LogP contribution in [-0.2, 0) is 19.4 Å². The average molecular weight is 643 g/mol. The monoisotopic (exact) mass is 642 g/mol. The van der Waals surface area contributed by atoms with Gasteiger partial charge in [0.15, 0.2) is 23.3 Å². The van der Waals surface area contributed by atoms with Gasteiger partial charge in [0.05, 0.1) is 39.1 Å². The van der Waals surface area contributed by atoms with Gasteiger partial charge in [-0.2, -0.15) is 0 Å². The van der Waals surface area contributed by atoms with Gasteiger partial charge in [-0.25, -0.2) is 18.2 Å². The summed E-state index contributed by atoms with van der Waals surface area (Å²) in [5.41, 5.74) is 5.29. The van der Waals surface area contributed by atoms with Gasteiger partial charge in [0, 0.05) is 30.5 Å². The van der Waals surface area contributed by atoms with Crippen LogP contribution in [0.15, 0.2) is 59.0 Å². The van der Waals surface area contributed by atoms with Gasteiger partial charge in [0.25, 0.3) is 11.8 Å². The third-order valence-electron chi connectivity index (χ3n) is 8.55. The van der Waals surface area contributed by atoms with Crippen LogP contribution in [0.2, 0.25) is 0 Å². The number of carbonyl (C=O) groups excluding carboxylic acids is 2. The zero-order valence-electron chi connectivity index (χ0n) is 25.1. The molecule has 2 aliphatic rings. The van der Waals surface area contributed by atoms with Crippen molar-refractivity contribution in [3.05, 3.63) is 117 Å². The van der Waals surface area contributed by atoms with E-state index in [-0.39, 0.29) is 30.2 Å². The van der Waals surface area contributed by atoms with Gasteiger partial charge in [-0.3, -0.25) is 14.6 Å². The molecular formula is C35H29F3N4O3S. The molecule has 5 heterocycles. The van der Waals surface area contributed by atoms with E-state index < -0.39 is 11.6 Å². The predicted octanol–water partition coefficient (Wildman–Crippen LogP) is 7.51. The first-order valence-corrected chi connectivity index (χ1v) is 15.9. The Morgan fingerprint density at radius 1 is 0.957 bits per heavy atom. The van der Waals surface area contributed by atoms with Crippen molar-refractivity contribution in [2.75, 3.05) is 6.54 Å². The first-order valence-electron chi connectivity index (χ1n) is 15.1. The molecule has 3 aromatic heterocycles. The number of nitrogens with one attached hydrogen (secondary N) is 1. The van der Waals surface area contributed by atoms with Gasteiger partial charge < -0.3 is 14.6 Å². The Kier molecular flexibility index (Phi) is 7.72. The zero-order chi connectivity index (χ0) is 32.1. The number of hydrogen-bond donors (Lipinski definition) is 1. The highest BCUT2D eigenvalue weighted by molar-refractivity contribution is 7.17. The van der Waals surface area contributed by atoms with Crippen LogP contribution < -0.4 is 5.32 Å². The number of aryl methyl sites for hydroxylation is 4. The SMILES string of the molecule is Cc1nc(C)c(-c2c(CCc3ccc(F)cc3)nc3c(c2-c2ccc(C(=O)NCc4ccc(F)c(F)c4)s2)C(=O)N2CCCC32)o1. The van der Waals surface area contributed by atoms with Crippen LogP contribution in [0.25, 0.3) is 21.8 Å². The molecular weight excluding hydrogens is 613 g/mol. The molecule has 0 aliphatic carbocycles. The Morgan fingerprint density at radius 3 is 2.48 bits per heavy atom. The molecule has 0 radical (unpaired) electrons. The van der Waals surface area contributed by atoms with Gasteiger partial charge in [0.2, 0.25) is 0 Å². The van der Waals surface area contributed by atoms with E-state index in [2.05, 4.69) is 10.3 Å². The minimum absolute atomic E-state index is 0.0123. The fraction of sp³-hybridized carbons (Fsp3) is 0.257. The van der Waals surface area contributed by atoms with E-state index in [0.29, 0.717) is 68.7 Å². The number of carbonyl (C=O) groups is 2. The zero-order valence-corrected chi connectivity index (χ0v) is 25.9. The number of thiophene rings is 1. The van der Waals surface area contributed by atoms with Gasteiger partial charge in [0.1, 0.15) is 5.82 Å². The Labute approximate surface area is 267 Å². The molecule has 0 saturated carbocycles. The molecule has 1 atom stereocenters. The highest BCUT2D eigenvalue weighted by Gasteiger charge is 2.44. The van der Waals surface area contributed by atoms with E-state index >= 15 is 0 Å². The van der Waals surface area contributed by atoms with Gasteiger partial charge in [-0.15, -0.1) is 11.3 Å². The lowest BCUT2D eigenvalue weighted by molar-refractivity contribution is 0.0776. The summed E-state index contributed by atoms with van der Waals surface area (Å²) in [7, 11) is 0. The molecule has 1 unspecified atom stereocenters. The van der Waals surface area contributed by atoms with Crippen LogP contribution in [-0.4, -0.2) is 33.2 Å². The Balaban J connectivity index is 1.33. The van der Waals surface area contributed by atoms with E-state index in [1.807, 2.05) is 17.9 Å². The third-order valence-corrected chi connectivity index (χ3v) is 9.65. The van der Waals surface area contributed by atoms with E-state index in [4.69, 9.17) is 9.40 Å². The molecule has 234 valence electrons. The largest absolute Gasteiger partial charge is 0.441 e. The van der Waals surface area contributed by atoms with Crippen molar-refractivity contribution in [2.45, 2.75) is 52.1 Å². The molecule has 1 saturated heterocycles. The minimum atomic E-state index is -0.984. The quantitative estimate of drug-likeness (QED) is 0.189. The fourth-order valence-electron chi connectivity index (χ4n) is 6.41. The Morgan fingerprint density at radius 2 is 1.74 bits per heavy atom. The molecule has 1 N–H and O–H groups in total. The molecule has 0 spiro atoms. The highest BCUT2D eigenvalue weighted by Crippen LogP contribution is 2.49. The average Bonchev–Trinajstić information content (AvgIpc) is 3.83. The lowest BCUT2D eigenvalue weighted by Crippen LogP contribution is -2.22. The van der Waals surface area contributed by atoms with Crippen molar-refractivity contribution >= 4 is 23.2 Å². The first-order chi connectivity index (χ1) is 22.2. The molecule has 2 amide bonds. The first kappa shape index (κ1) is 29.9. The summed E-state index contributed by atoms with van der Waals surface area (Å²) in [6.45, 7) is 4.26. The minimum Gasteiger partial charge on any atom is -0.441 e. The Hall–Kier alpha value is -4.77. The molecule has 2 aromatic carbocycles. The number of rotatable bonds is 8. The van der Waals surface area contributed by atoms with Crippen LogP contribution in [0.3, 0.4) is 0 Å². The predicted molar refractivity (Wildman–Crippen MR) is 167 cm³/mol. The van der Waals surface area contributed by atoms with E-state index in [0.717, 1.165) is 41.9 Å². The van der Waals surface area contributed by atoms with Crippen LogP contribution in [0.1, 0.15) is 73.0 Å². The van der Waals surface area contributed by atoms with Crippen molar-refractivity contribution in [2.24, 2.45) is 0 Å². The van der Waals surface area contributed by atoms with Gasteiger partial charge in [-0.1, -0.05) is 18.2 Å². The maximum absolute atomic E-state index is 14.0. The second-order valence-corrected chi connectivity index (χ2v) is 12.7. The summed E-state index contributed by atoms with van der Waals surface area (Å²) >= 11 is 1.23. The lowest BCUT2D eigenvalue weighted by Gasteiger charge is -2.17. The number of hydrogen-bond acceptors (Lipinski definition) is 6. The lowest BCUT2D eigenvalue weighted by atomic mass is 9.91. The molecule has 7 rings (SSSR count). The second-order valence-electron chi connectivity index (χ2n) is 11.6. The van der Waals surface area contributed by atoms with Gasteiger partial charge in [-0.05, 0) is 80.1 Å². The summed E-state index contributed by atoms with van der Waals surface area (Å²) in [5, 5.41) is 2.77. The topological polar surface area (TPSA) is 88.3 Å². The maximum atomic E-state index is 14.0. The second kappa shape index (κ2) is 11.9. The number of benzene rings is 2. The molecule has 1 fully saturated rings. The van der Waals surface area contributed by atoms with Crippen molar-refractivity contribution in [1.82, 2.24) is 20.2 Å². The van der Waals surface area contributed by atoms with Crippen LogP contribution in [0.5, 0.6) is 0 Å². The van der Waals surface area contributed by atoms with E-state index in [9.17, 15) is 22.8 Å². The van der Waals surface area contributed by atoms with Crippen LogP contribution in [0.4, 0.5) is 13.2 Å². The standard InChI is InChI=1S/C35H29F3N4O3S/c1-18-33(45-19(2)40-18)29-25(12-8-20-5-9-22(36)10-6-20)41-32-26-4-3-15-42(26)35(44)31(32)30(29)27-13-14-28(46-27)34(43)39-17-21-7-11-23(37)24(38)16-21/h5-7,9-11,13-14,16,26H,3-4,8,12,15,17H2,1-2H3,(H,39,43). The number of amides is 2.